The van der Waals surface area contributed by atoms with Crippen LogP contribution in [-0.4, -0.2) is 27.1 Å². The molecule has 20 heavy (non-hydrogen) atoms. The third-order valence-electron chi connectivity index (χ3n) is 2.55. The van der Waals surface area contributed by atoms with Crippen LogP contribution in [0.1, 0.15) is 15.9 Å². The molecule has 1 aromatic heterocycles. The number of hydrogen-bond donors (Lipinski definition) is 3. The minimum absolute atomic E-state index is 0.0648. The smallest absolute Gasteiger partial charge is 0.307 e. The molecule has 6 nitrogen and oxygen atoms in total. The van der Waals surface area contributed by atoms with Crippen molar-refractivity contribution in [3.8, 4) is 5.75 Å². The molecule has 0 aliphatic heterocycles. The van der Waals surface area contributed by atoms with Gasteiger partial charge in [0.2, 0.25) is 0 Å². The third-order valence-corrected chi connectivity index (χ3v) is 2.55. The van der Waals surface area contributed by atoms with Gasteiger partial charge >= 0.3 is 5.97 Å². The molecule has 0 spiro atoms. The van der Waals surface area contributed by atoms with Crippen molar-refractivity contribution < 1.29 is 19.8 Å². The first-order valence-corrected chi connectivity index (χ1v) is 5.81. The summed E-state index contributed by atoms with van der Waals surface area (Å²) in [5.41, 5.74) is 1.42. The van der Waals surface area contributed by atoms with Crippen molar-refractivity contribution in [1.29, 1.82) is 0 Å². The average Bonchev–Trinajstić information content (AvgIpc) is 2.40. The molecule has 0 saturated heterocycles. The molecule has 0 aliphatic carbocycles. The molecule has 0 saturated carbocycles. The van der Waals surface area contributed by atoms with Gasteiger partial charge in [0.1, 0.15) is 5.75 Å². The van der Waals surface area contributed by atoms with Gasteiger partial charge in [0, 0.05) is 11.9 Å². The zero-order valence-electron chi connectivity index (χ0n) is 10.4. The number of rotatable bonds is 4. The van der Waals surface area contributed by atoms with Gasteiger partial charge in [-0.15, -0.1) is 0 Å². The molecule has 3 N–H and O–H groups in total. The lowest BCUT2D eigenvalue weighted by Crippen LogP contribution is -2.12. The van der Waals surface area contributed by atoms with Crippen LogP contribution in [-0.2, 0) is 11.2 Å². The first-order valence-electron chi connectivity index (χ1n) is 5.81. The van der Waals surface area contributed by atoms with Gasteiger partial charge in [-0.2, -0.15) is 0 Å². The summed E-state index contributed by atoms with van der Waals surface area (Å²) >= 11 is 0. The van der Waals surface area contributed by atoms with E-state index in [4.69, 9.17) is 5.11 Å². The molecule has 0 aliphatic rings. The molecular weight excluding hydrogens is 260 g/mol. The van der Waals surface area contributed by atoms with E-state index in [0.717, 1.165) is 0 Å². The van der Waals surface area contributed by atoms with Crippen LogP contribution in [0.4, 0.5) is 5.69 Å². The lowest BCUT2D eigenvalue weighted by molar-refractivity contribution is -0.136. The van der Waals surface area contributed by atoms with Crippen molar-refractivity contribution in [1.82, 2.24) is 4.98 Å². The highest BCUT2D eigenvalue weighted by Crippen LogP contribution is 2.13. The molecule has 1 aromatic carbocycles. The van der Waals surface area contributed by atoms with Gasteiger partial charge in [-0.3, -0.25) is 14.6 Å². The predicted octanol–water partition coefficient (Wildman–Crippen LogP) is 1.67. The van der Waals surface area contributed by atoms with Crippen molar-refractivity contribution in [3.63, 3.8) is 0 Å². The zero-order chi connectivity index (χ0) is 14.5. The van der Waals surface area contributed by atoms with E-state index in [1.165, 1.54) is 18.5 Å². The van der Waals surface area contributed by atoms with E-state index >= 15 is 0 Å². The number of aliphatic carboxylic acids is 1. The summed E-state index contributed by atoms with van der Waals surface area (Å²) in [6.45, 7) is 0. The Labute approximate surface area is 114 Å². The number of hydrogen-bond acceptors (Lipinski definition) is 4. The van der Waals surface area contributed by atoms with E-state index in [2.05, 4.69) is 10.3 Å². The number of carbonyl (C=O) groups excluding carboxylic acids is 1. The molecule has 0 radical (unpaired) electrons. The fraction of sp³-hybridized carbons (Fsp3) is 0.0714. The number of nitrogens with one attached hydrogen (secondary N) is 1. The number of aromatic nitrogens is 1. The summed E-state index contributed by atoms with van der Waals surface area (Å²) in [5.74, 6) is -1.40. The minimum atomic E-state index is -0.910. The van der Waals surface area contributed by atoms with Gasteiger partial charge in [-0.1, -0.05) is 12.1 Å². The molecule has 0 bridgehead atoms. The maximum Gasteiger partial charge on any atom is 0.307 e. The Bertz CT molecular complexity index is 638. The second-order valence-electron chi connectivity index (χ2n) is 4.15. The number of benzene rings is 1. The number of aromatic hydroxyl groups is 1. The SMILES string of the molecule is O=C(O)Cc1ccc(NC(=O)c2cncc(O)c2)cc1. The van der Waals surface area contributed by atoms with Crippen LogP contribution in [0.5, 0.6) is 5.75 Å². The van der Waals surface area contributed by atoms with Crippen LogP contribution in [0, 0.1) is 0 Å². The standard InChI is InChI=1S/C14H12N2O4/c17-12-6-10(7-15-8-12)14(20)16-11-3-1-9(2-4-11)5-13(18)19/h1-4,6-8,17H,5H2,(H,16,20)(H,18,19). The van der Waals surface area contributed by atoms with E-state index in [-0.39, 0.29) is 17.7 Å². The highest BCUT2D eigenvalue weighted by atomic mass is 16.4. The van der Waals surface area contributed by atoms with Gasteiger partial charge in [-0.25, -0.2) is 0 Å². The van der Waals surface area contributed by atoms with Crippen molar-refractivity contribution in [2.24, 2.45) is 0 Å². The Morgan fingerprint density at radius 3 is 2.45 bits per heavy atom. The summed E-state index contributed by atoms with van der Waals surface area (Å²) < 4.78 is 0. The Kier molecular flexibility index (Phi) is 3.95. The summed E-state index contributed by atoms with van der Waals surface area (Å²) in [5, 5.41) is 20.5. The lowest BCUT2D eigenvalue weighted by Gasteiger charge is -2.06. The molecule has 1 heterocycles. The van der Waals surface area contributed by atoms with Gasteiger partial charge in [0.15, 0.2) is 0 Å². The number of pyridine rings is 1. The van der Waals surface area contributed by atoms with Gasteiger partial charge in [0.05, 0.1) is 18.2 Å². The van der Waals surface area contributed by atoms with Gasteiger partial charge in [0.25, 0.3) is 5.91 Å². The fourth-order valence-corrected chi connectivity index (χ4v) is 1.64. The van der Waals surface area contributed by atoms with Crippen LogP contribution < -0.4 is 5.32 Å². The topological polar surface area (TPSA) is 99.5 Å². The molecule has 2 aromatic rings. The van der Waals surface area contributed by atoms with Crippen molar-refractivity contribution in [2.75, 3.05) is 5.32 Å². The first kappa shape index (κ1) is 13.5. The Hall–Kier alpha value is -2.89. The molecule has 0 atom stereocenters. The van der Waals surface area contributed by atoms with Crippen LogP contribution in [0.3, 0.4) is 0 Å². The monoisotopic (exact) mass is 272 g/mol. The van der Waals surface area contributed by atoms with E-state index < -0.39 is 11.9 Å². The molecular formula is C14H12N2O4. The molecule has 102 valence electrons. The molecule has 2 rings (SSSR count). The van der Waals surface area contributed by atoms with Crippen molar-refractivity contribution in [3.05, 3.63) is 53.9 Å². The second kappa shape index (κ2) is 5.83. The highest BCUT2D eigenvalue weighted by molar-refractivity contribution is 6.04. The number of carboxylic acids is 1. The van der Waals surface area contributed by atoms with Crippen LogP contribution >= 0.6 is 0 Å². The predicted molar refractivity (Wildman–Crippen MR) is 71.6 cm³/mol. The van der Waals surface area contributed by atoms with Crippen LogP contribution in [0.25, 0.3) is 0 Å². The van der Waals surface area contributed by atoms with E-state index in [9.17, 15) is 14.7 Å². The lowest BCUT2D eigenvalue weighted by atomic mass is 10.1. The minimum Gasteiger partial charge on any atom is -0.506 e. The Morgan fingerprint density at radius 2 is 1.85 bits per heavy atom. The quantitative estimate of drug-likeness (QED) is 0.786. The summed E-state index contributed by atoms with van der Waals surface area (Å²) in [6, 6.07) is 7.80. The zero-order valence-corrected chi connectivity index (χ0v) is 10.4. The molecule has 1 amide bonds. The maximum absolute atomic E-state index is 11.9. The summed E-state index contributed by atoms with van der Waals surface area (Å²) in [4.78, 5) is 26.1. The van der Waals surface area contributed by atoms with Crippen molar-refractivity contribution in [2.45, 2.75) is 6.42 Å². The average molecular weight is 272 g/mol. The maximum atomic E-state index is 11.9. The second-order valence-corrected chi connectivity index (χ2v) is 4.15. The summed E-state index contributed by atoms with van der Waals surface area (Å²) in [7, 11) is 0. The van der Waals surface area contributed by atoms with Gasteiger partial charge in [-0.05, 0) is 23.8 Å². The highest BCUT2D eigenvalue weighted by Gasteiger charge is 2.07. The number of carboxylic acid groups (broad SMARTS) is 1. The summed E-state index contributed by atoms with van der Waals surface area (Å²) in [6.07, 6.45) is 2.51. The van der Waals surface area contributed by atoms with Gasteiger partial charge < -0.3 is 15.5 Å². The Balaban J connectivity index is 2.06. The third kappa shape index (κ3) is 3.55. The molecule has 0 fully saturated rings. The molecule has 6 heteroatoms. The largest absolute Gasteiger partial charge is 0.506 e. The number of amides is 1. The fourth-order valence-electron chi connectivity index (χ4n) is 1.64. The van der Waals surface area contributed by atoms with Crippen molar-refractivity contribution >= 4 is 17.6 Å². The number of nitrogens with zero attached hydrogens (tertiary/aromatic N) is 1. The van der Waals surface area contributed by atoms with Crippen LogP contribution in [0.2, 0.25) is 0 Å². The Morgan fingerprint density at radius 1 is 1.15 bits per heavy atom. The van der Waals surface area contributed by atoms with E-state index in [0.29, 0.717) is 11.3 Å². The first-order chi connectivity index (χ1) is 9.54. The normalized spacial score (nSPS) is 10.0. The van der Waals surface area contributed by atoms with E-state index in [1.807, 2.05) is 0 Å². The number of carbonyl (C=O) groups is 2. The molecule has 0 unspecified atom stereocenters. The van der Waals surface area contributed by atoms with E-state index in [1.54, 1.807) is 24.3 Å². The number of anilines is 1. The van der Waals surface area contributed by atoms with Crippen LogP contribution in [0.15, 0.2) is 42.7 Å².